The maximum atomic E-state index is 14.0. The molecule has 1 unspecified atom stereocenters. The molecule has 0 bridgehead atoms. The molecule has 1 aliphatic rings. The number of hydrogen-bond acceptors (Lipinski definition) is 4. The predicted octanol–water partition coefficient (Wildman–Crippen LogP) is 6.24. The van der Waals surface area contributed by atoms with Crippen LogP contribution in [0.4, 0.5) is 5.69 Å². The summed E-state index contributed by atoms with van der Waals surface area (Å²) in [5, 5.41) is 4.07. The first-order valence-electron chi connectivity index (χ1n) is 14.2. The lowest BCUT2D eigenvalue weighted by atomic mass is 10.0. The van der Waals surface area contributed by atoms with Crippen LogP contribution in [0.25, 0.3) is 0 Å². The maximum Gasteiger partial charge on any atom is 0.243 e. The summed E-state index contributed by atoms with van der Waals surface area (Å²) in [6, 6.07) is 22.8. The Morgan fingerprint density at radius 3 is 2.21 bits per heavy atom. The molecule has 3 aromatic rings. The highest BCUT2D eigenvalue weighted by Gasteiger charge is 2.32. The Hall–Kier alpha value is -3.07. The highest BCUT2D eigenvalue weighted by molar-refractivity contribution is 7.92. The molecule has 10 heteroatoms. The van der Waals surface area contributed by atoms with Gasteiger partial charge < -0.3 is 10.2 Å². The second-order valence-electron chi connectivity index (χ2n) is 10.7. The molecule has 2 amide bonds. The van der Waals surface area contributed by atoms with Crippen molar-refractivity contribution in [1.82, 2.24) is 10.2 Å². The summed E-state index contributed by atoms with van der Waals surface area (Å²) >= 11 is 12.7. The molecule has 0 spiro atoms. The third-order valence-electron chi connectivity index (χ3n) is 7.52. The number of halogens is 2. The highest BCUT2D eigenvalue weighted by atomic mass is 35.5. The fraction of sp³-hybridized carbons (Fsp3) is 0.375. The van der Waals surface area contributed by atoms with E-state index in [1.807, 2.05) is 36.4 Å². The lowest BCUT2D eigenvalue weighted by molar-refractivity contribution is -0.141. The van der Waals surface area contributed by atoms with Crippen LogP contribution < -0.4 is 9.62 Å². The van der Waals surface area contributed by atoms with Gasteiger partial charge in [-0.15, -0.1) is 0 Å². The van der Waals surface area contributed by atoms with Gasteiger partial charge in [-0.1, -0.05) is 90.6 Å². The van der Waals surface area contributed by atoms with Gasteiger partial charge in [0.1, 0.15) is 6.04 Å². The summed E-state index contributed by atoms with van der Waals surface area (Å²) in [4.78, 5) is 29.4. The first kappa shape index (κ1) is 31.9. The highest BCUT2D eigenvalue weighted by Crippen LogP contribution is 2.26. The Morgan fingerprint density at radius 1 is 0.952 bits per heavy atom. The minimum Gasteiger partial charge on any atom is -0.352 e. The first-order valence-corrected chi connectivity index (χ1v) is 16.8. The number of benzene rings is 3. The van der Waals surface area contributed by atoms with E-state index in [0.29, 0.717) is 27.7 Å². The zero-order valence-corrected chi connectivity index (χ0v) is 26.0. The average molecular weight is 631 g/mol. The van der Waals surface area contributed by atoms with Crippen LogP contribution in [0.2, 0.25) is 10.0 Å². The van der Waals surface area contributed by atoms with Crippen molar-refractivity contribution in [3.63, 3.8) is 0 Å². The molecule has 0 radical (unpaired) electrons. The second-order valence-corrected chi connectivity index (χ2v) is 13.5. The van der Waals surface area contributed by atoms with Gasteiger partial charge in [0.25, 0.3) is 0 Å². The van der Waals surface area contributed by atoms with Gasteiger partial charge in [0.15, 0.2) is 0 Å². The van der Waals surface area contributed by atoms with Crippen molar-refractivity contribution in [1.29, 1.82) is 0 Å². The van der Waals surface area contributed by atoms with Gasteiger partial charge >= 0.3 is 0 Å². The van der Waals surface area contributed by atoms with E-state index >= 15 is 0 Å². The zero-order valence-electron chi connectivity index (χ0n) is 23.7. The largest absolute Gasteiger partial charge is 0.352 e. The van der Waals surface area contributed by atoms with Gasteiger partial charge in [-0.05, 0) is 54.7 Å². The molecule has 42 heavy (non-hydrogen) atoms. The fourth-order valence-corrected chi connectivity index (χ4v) is 6.79. The number of para-hydroxylation sites is 1. The van der Waals surface area contributed by atoms with Crippen LogP contribution in [-0.4, -0.2) is 50.0 Å². The van der Waals surface area contributed by atoms with E-state index in [0.717, 1.165) is 37.5 Å². The van der Waals surface area contributed by atoms with Gasteiger partial charge in [0.2, 0.25) is 21.8 Å². The molecule has 224 valence electrons. The summed E-state index contributed by atoms with van der Waals surface area (Å²) < 4.78 is 26.4. The van der Waals surface area contributed by atoms with Gasteiger partial charge in [-0.25, -0.2) is 8.42 Å². The summed E-state index contributed by atoms with van der Waals surface area (Å²) in [5.41, 5.74) is 2.13. The minimum absolute atomic E-state index is 0.0477. The van der Waals surface area contributed by atoms with E-state index in [9.17, 15) is 18.0 Å². The summed E-state index contributed by atoms with van der Waals surface area (Å²) in [5.74, 6) is -0.462. The number of amides is 2. The number of sulfonamides is 1. The molecule has 0 aromatic heterocycles. The molecule has 7 nitrogen and oxygen atoms in total. The third-order valence-corrected chi connectivity index (χ3v) is 9.31. The van der Waals surface area contributed by atoms with E-state index in [2.05, 4.69) is 5.32 Å². The zero-order chi connectivity index (χ0) is 30.1. The molecule has 3 aromatic carbocycles. The fourth-order valence-electron chi connectivity index (χ4n) is 5.35. The van der Waals surface area contributed by atoms with Crippen LogP contribution in [0, 0.1) is 0 Å². The molecule has 1 saturated carbocycles. The van der Waals surface area contributed by atoms with E-state index < -0.39 is 16.1 Å². The number of rotatable bonds is 13. The Kier molecular flexibility index (Phi) is 11.3. The van der Waals surface area contributed by atoms with Crippen LogP contribution in [0.3, 0.4) is 0 Å². The Balaban J connectivity index is 1.60. The quantitative estimate of drug-likeness (QED) is 0.242. The Bertz CT molecular complexity index is 1450. The topological polar surface area (TPSA) is 86.8 Å². The van der Waals surface area contributed by atoms with Gasteiger partial charge in [-0.2, -0.15) is 0 Å². The lowest BCUT2D eigenvalue weighted by Gasteiger charge is -2.33. The molecule has 1 N–H and O–H groups in total. The molecule has 4 rings (SSSR count). The number of carbonyl (C=O) groups is 2. The van der Waals surface area contributed by atoms with Crippen molar-refractivity contribution in [2.24, 2.45) is 0 Å². The van der Waals surface area contributed by atoms with Crippen molar-refractivity contribution < 1.29 is 18.0 Å². The molecule has 0 heterocycles. The maximum absolute atomic E-state index is 14.0. The second kappa shape index (κ2) is 14.9. The van der Waals surface area contributed by atoms with E-state index in [1.54, 1.807) is 47.4 Å². The summed E-state index contributed by atoms with van der Waals surface area (Å²) in [6.07, 6.45) is 5.77. The van der Waals surface area contributed by atoms with Crippen LogP contribution in [0.5, 0.6) is 0 Å². The molecule has 1 fully saturated rings. The lowest BCUT2D eigenvalue weighted by Crippen LogP contribution is -2.52. The molecule has 0 saturated heterocycles. The van der Waals surface area contributed by atoms with Crippen molar-refractivity contribution >= 4 is 50.7 Å². The van der Waals surface area contributed by atoms with Gasteiger partial charge in [0, 0.05) is 42.0 Å². The van der Waals surface area contributed by atoms with Crippen LogP contribution in [-0.2, 0) is 32.6 Å². The smallest absolute Gasteiger partial charge is 0.243 e. The number of nitrogens with zero attached hydrogens (tertiary/aromatic N) is 2. The van der Waals surface area contributed by atoms with E-state index in [4.69, 9.17) is 23.2 Å². The predicted molar refractivity (Wildman–Crippen MR) is 169 cm³/mol. The van der Waals surface area contributed by atoms with Gasteiger partial charge in [0.05, 0.1) is 11.9 Å². The number of nitrogens with one attached hydrogen (secondary N) is 1. The van der Waals surface area contributed by atoms with Crippen molar-refractivity contribution in [2.45, 2.75) is 63.6 Å². The summed E-state index contributed by atoms with van der Waals surface area (Å²) in [7, 11) is -3.56. The Morgan fingerprint density at radius 2 is 1.60 bits per heavy atom. The van der Waals surface area contributed by atoms with Crippen LogP contribution >= 0.6 is 23.2 Å². The van der Waals surface area contributed by atoms with Gasteiger partial charge in [-0.3, -0.25) is 13.9 Å². The minimum atomic E-state index is -3.56. The van der Waals surface area contributed by atoms with Crippen LogP contribution in [0.15, 0.2) is 78.9 Å². The normalized spacial score (nSPS) is 14.4. The number of carbonyl (C=O) groups excluding carboxylic acids is 2. The average Bonchev–Trinajstić information content (AvgIpc) is 3.47. The van der Waals surface area contributed by atoms with Crippen molar-refractivity contribution in [2.75, 3.05) is 17.1 Å². The number of hydrogen-bond donors (Lipinski definition) is 1. The van der Waals surface area contributed by atoms with E-state index in [1.165, 1.54) is 4.31 Å². The molecule has 1 aliphatic carbocycles. The molecular formula is C32H37Cl2N3O4S. The summed E-state index contributed by atoms with van der Waals surface area (Å²) in [6.45, 7) is 0.237. The molecule has 0 aliphatic heterocycles. The molecule has 1 atom stereocenters. The molecular weight excluding hydrogens is 593 g/mol. The van der Waals surface area contributed by atoms with Crippen molar-refractivity contribution in [3.8, 4) is 0 Å². The standard InChI is InChI=1S/C32H37Cl2N3O4S/c1-42(40,41)37(28-15-6-3-7-16-28)20-10-17-31(38)36(23-25-18-19-26(33)22-29(25)34)30(21-24-11-4-2-5-12-24)32(39)35-27-13-8-9-14-27/h2-7,11-12,15-16,18-19,22,27,30H,8-10,13-14,17,20-21,23H2,1H3,(H,35,39). The Labute approximate surface area is 258 Å². The van der Waals surface area contributed by atoms with Crippen LogP contribution in [0.1, 0.15) is 49.7 Å². The number of anilines is 1. The van der Waals surface area contributed by atoms with Crippen molar-refractivity contribution in [3.05, 3.63) is 100 Å². The SMILES string of the molecule is CS(=O)(=O)N(CCCC(=O)N(Cc1ccc(Cl)cc1Cl)C(Cc1ccccc1)C(=O)NC1CCCC1)c1ccccc1. The monoisotopic (exact) mass is 629 g/mol. The first-order chi connectivity index (χ1) is 20.1. The third kappa shape index (κ3) is 8.96. The van der Waals surface area contributed by atoms with E-state index in [-0.39, 0.29) is 43.8 Å².